The number of likely N-dealkylation sites (N-methyl/N-ethyl adjacent to an activating group) is 1. The maximum absolute atomic E-state index is 5.60. The highest BCUT2D eigenvalue weighted by atomic mass is 16.5. The average molecular weight is 189 g/mol. The van der Waals surface area contributed by atoms with E-state index in [9.17, 15) is 0 Å². The maximum atomic E-state index is 5.60. The Balaban J connectivity index is 3.84. The van der Waals surface area contributed by atoms with Crippen molar-refractivity contribution in [3.8, 4) is 0 Å². The van der Waals surface area contributed by atoms with E-state index in [0.29, 0.717) is 6.04 Å². The summed E-state index contributed by atoms with van der Waals surface area (Å²) in [7, 11) is 1.95. The number of rotatable bonds is 8. The van der Waals surface area contributed by atoms with Crippen molar-refractivity contribution in [3.05, 3.63) is 0 Å². The molecule has 3 nitrogen and oxygen atoms in total. The normalized spacial score (nSPS) is 15.7. The summed E-state index contributed by atoms with van der Waals surface area (Å²) in [4.78, 5) is 0. The summed E-state index contributed by atoms with van der Waals surface area (Å²) in [5, 5.41) is 3.22. The van der Waals surface area contributed by atoms with Crippen molar-refractivity contribution in [2.45, 2.75) is 39.3 Å². The zero-order chi connectivity index (χ0) is 10.1. The summed E-state index contributed by atoms with van der Waals surface area (Å²) < 4.78 is 11.0. The molecule has 0 aliphatic carbocycles. The number of ether oxygens (including phenoxy) is 2. The molecule has 0 aliphatic heterocycles. The molecule has 80 valence electrons. The van der Waals surface area contributed by atoms with Gasteiger partial charge >= 0.3 is 0 Å². The van der Waals surface area contributed by atoms with E-state index >= 15 is 0 Å². The Labute approximate surface area is 81.8 Å². The molecule has 0 aliphatic rings. The van der Waals surface area contributed by atoms with Crippen LogP contribution < -0.4 is 5.32 Å². The second-order valence-electron chi connectivity index (χ2n) is 2.96. The van der Waals surface area contributed by atoms with Crippen molar-refractivity contribution >= 4 is 0 Å². The molecular weight excluding hydrogens is 166 g/mol. The van der Waals surface area contributed by atoms with Crippen molar-refractivity contribution in [2.75, 3.05) is 26.9 Å². The van der Waals surface area contributed by atoms with Crippen LogP contribution in [-0.4, -0.2) is 39.0 Å². The molecule has 0 heterocycles. The van der Waals surface area contributed by atoms with Crippen LogP contribution in [0.3, 0.4) is 0 Å². The van der Waals surface area contributed by atoms with Gasteiger partial charge < -0.3 is 14.8 Å². The van der Waals surface area contributed by atoms with Gasteiger partial charge in [-0.3, -0.25) is 0 Å². The third-order valence-corrected chi connectivity index (χ3v) is 2.10. The fraction of sp³-hybridized carbons (Fsp3) is 1.00. The van der Waals surface area contributed by atoms with Gasteiger partial charge in [0.1, 0.15) is 0 Å². The summed E-state index contributed by atoms with van der Waals surface area (Å²) in [6, 6.07) is 0.310. The molecule has 2 unspecified atom stereocenters. The van der Waals surface area contributed by atoms with E-state index in [1.165, 1.54) is 0 Å². The Morgan fingerprint density at radius 2 is 1.85 bits per heavy atom. The zero-order valence-corrected chi connectivity index (χ0v) is 9.30. The smallest absolute Gasteiger partial charge is 0.0747 e. The molecule has 0 radical (unpaired) electrons. The fourth-order valence-electron chi connectivity index (χ4n) is 1.35. The van der Waals surface area contributed by atoms with E-state index in [4.69, 9.17) is 9.47 Å². The minimum absolute atomic E-state index is 0.265. The Morgan fingerprint density at radius 3 is 2.23 bits per heavy atom. The molecule has 0 saturated heterocycles. The lowest BCUT2D eigenvalue weighted by atomic mass is 10.1. The van der Waals surface area contributed by atoms with E-state index in [-0.39, 0.29) is 6.10 Å². The quantitative estimate of drug-likeness (QED) is 0.626. The van der Waals surface area contributed by atoms with Gasteiger partial charge in [0, 0.05) is 13.2 Å². The Morgan fingerprint density at radius 1 is 1.15 bits per heavy atom. The van der Waals surface area contributed by atoms with Gasteiger partial charge in [0.05, 0.1) is 18.8 Å². The van der Waals surface area contributed by atoms with Crippen molar-refractivity contribution < 1.29 is 9.47 Å². The van der Waals surface area contributed by atoms with Crippen LogP contribution in [-0.2, 0) is 9.47 Å². The van der Waals surface area contributed by atoms with Crippen LogP contribution in [0.5, 0.6) is 0 Å². The van der Waals surface area contributed by atoms with E-state index < -0.39 is 0 Å². The Hall–Kier alpha value is -0.120. The molecule has 0 rings (SSSR count). The molecule has 3 heteroatoms. The Kier molecular flexibility index (Phi) is 8.40. The standard InChI is InChI=1S/C10H23NO2/c1-5-10(13-7-3)9(11-4)8-12-6-2/h9-11H,5-8H2,1-4H3. The zero-order valence-electron chi connectivity index (χ0n) is 9.30. The molecule has 0 aromatic rings. The molecule has 0 bridgehead atoms. The van der Waals surface area contributed by atoms with Gasteiger partial charge in [-0.1, -0.05) is 6.92 Å². The second kappa shape index (κ2) is 8.48. The third-order valence-electron chi connectivity index (χ3n) is 2.10. The van der Waals surface area contributed by atoms with Gasteiger partial charge in [-0.15, -0.1) is 0 Å². The SMILES string of the molecule is CCOCC(NC)C(CC)OCC. The number of nitrogens with one attached hydrogen (secondary N) is 1. The van der Waals surface area contributed by atoms with Gasteiger partial charge in [0.2, 0.25) is 0 Å². The fourth-order valence-corrected chi connectivity index (χ4v) is 1.35. The molecule has 0 amide bonds. The van der Waals surface area contributed by atoms with Crippen LogP contribution in [0.1, 0.15) is 27.2 Å². The topological polar surface area (TPSA) is 30.5 Å². The van der Waals surface area contributed by atoms with E-state index in [1.807, 2.05) is 20.9 Å². The molecule has 13 heavy (non-hydrogen) atoms. The molecule has 0 aromatic carbocycles. The van der Waals surface area contributed by atoms with Crippen LogP contribution in [0.15, 0.2) is 0 Å². The summed E-state index contributed by atoms with van der Waals surface area (Å²) in [6.45, 7) is 8.43. The predicted molar refractivity (Wildman–Crippen MR) is 55.0 cm³/mol. The lowest BCUT2D eigenvalue weighted by molar-refractivity contribution is 0.00284. The highest BCUT2D eigenvalue weighted by Gasteiger charge is 2.18. The molecule has 0 fully saturated rings. The monoisotopic (exact) mass is 189 g/mol. The third kappa shape index (κ3) is 5.24. The lowest BCUT2D eigenvalue weighted by Gasteiger charge is -2.25. The number of hydrogen-bond donors (Lipinski definition) is 1. The van der Waals surface area contributed by atoms with Gasteiger partial charge in [0.25, 0.3) is 0 Å². The average Bonchev–Trinajstić information content (AvgIpc) is 2.17. The van der Waals surface area contributed by atoms with Crippen LogP contribution in [0.4, 0.5) is 0 Å². The van der Waals surface area contributed by atoms with Gasteiger partial charge in [-0.25, -0.2) is 0 Å². The Bertz CT molecular complexity index is 109. The van der Waals surface area contributed by atoms with Crippen LogP contribution in [0.25, 0.3) is 0 Å². The summed E-state index contributed by atoms with van der Waals surface area (Å²) in [5.74, 6) is 0. The highest BCUT2D eigenvalue weighted by molar-refractivity contribution is 4.74. The maximum Gasteiger partial charge on any atom is 0.0747 e. The molecule has 1 N–H and O–H groups in total. The molecule has 2 atom stereocenters. The predicted octanol–water partition coefficient (Wildman–Crippen LogP) is 1.43. The van der Waals surface area contributed by atoms with Gasteiger partial charge in [-0.2, -0.15) is 0 Å². The first-order chi connectivity index (χ1) is 6.29. The molecule has 0 aromatic heterocycles. The number of hydrogen-bond acceptors (Lipinski definition) is 3. The van der Waals surface area contributed by atoms with E-state index in [0.717, 1.165) is 26.2 Å². The summed E-state index contributed by atoms with van der Waals surface area (Å²) in [6.07, 6.45) is 1.29. The second-order valence-corrected chi connectivity index (χ2v) is 2.96. The van der Waals surface area contributed by atoms with Crippen molar-refractivity contribution in [2.24, 2.45) is 0 Å². The minimum atomic E-state index is 0.265. The van der Waals surface area contributed by atoms with Gasteiger partial charge in [-0.05, 0) is 27.3 Å². The van der Waals surface area contributed by atoms with E-state index in [1.54, 1.807) is 0 Å². The van der Waals surface area contributed by atoms with E-state index in [2.05, 4.69) is 12.2 Å². The van der Waals surface area contributed by atoms with Crippen molar-refractivity contribution in [3.63, 3.8) is 0 Å². The molecular formula is C10H23NO2. The van der Waals surface area contributed by atoms with Crippen LogP contribution in [0.2, 0.25) is 0 Å². The van der Waals surface area contributed by atoms with Crippen LogP contribution in [0, 0.1) is 0 Å². The minimum Gasteiger partial charge on any atom is -0.380 e. The molecule has 0 spiro atoms. The first kappa shape index (κ1) is 12.9. The first-order valence-electron chi connectivity index (χ1n) is 5.16. The highest BCUT2D eigenvalue weighted by Crippen LogP contribution is 2.04. The first-order valence-corrected chi connectivity index (χ1v) is 5.16. The summed E-state index contributed by atoms with van der Waals surface area (Å²) >= 11 is 0. The van der Waals surface area contributed by atoms with Gasteiger partial charge in [0.15, 0.2) is 0 Å². The molecule has 0 saturated carbocycles. The van der Waals surface area contributed by atoms with Crippen molar-refractivity contribution in [1.82, 2.24) is 5.32 Å². The van der Waals surface area contributed by atoms with Crippen molar-refractivity contribution in [1.29, 1.82) is 0 Å². The largest absolute Gasteiger partial charge is 0.380 e. The summed E-state index contributed by atoms with van der Waals surface area (Å²) in [5.41, 5.74) is 0. The van der Waals surface area contributed by atoms with Crippen LogP contribution >= 0.6 is 0 Å². The lowest BCUT2D eigenvalue weighted by Crippen LogP contribution is -2.42.